The van der Waals surface area contributed by atoms with E-state index in [9.17, 15) is 0 Å². The van der Waals surface area contributed by atoms with Gasteiger partial charge < -0.3 is 5.32 Å². The first-order valence-corrected chi connectivity index (χ1v) is 8.08. The largest absolute Gasteiger partial charge is 0.317 e. The zero-order valence-corrected chi connectivity index (χ0v) is 12.4. The van der Waals surface area contributed by atoms with Crippen LogP contribution in [0.1, 0.15) is 24.8 Å². The molecule has 1 aromatic carbocycles. The van der Waals surface area contributed by atoms with E-state index in [0.29, 0.717) is 0 Å². The van der Waals surface area contributed by atoms with Gasteiger partial charge in [-0.1, -0.05) is 18.2 Å². The van der Waals surface area contributed by atoms with Gasteiger partial charge in [0, 0.05) is 17.3 Å². The molecule has 3 heteroatoms. The summed E-state index contributed by atoms with van der Waals surface area (Å²) in [6.07, 6.45) is 3.91. The molecule has 3 rings (SSSR count). The smallest absolute Gasteiger partial charge is 0.0346 e. The summed E-state index contributed by atoms with van der Waals surface area (Å²) in [6, 6.07) is 9.48. The van der Waals surface area contributed by atoms with Crippen molar-refractivity contribution in [2.75, 3.05) is 20.1 Å². The predicted octanol–water partition coefficient (Wildman–Crippen LogP) is 3.48. The molecule has 0 amide bonds. The Morgan fingerprint density at radius 2 is 2.16 bits per heavy atom. The van der Waals surface area contributed by atoms with E-state index < -0.39 is 0 Å². The standard InChI is InChI=1S/C16H22N2S/c1-18(14-5-4-9-17-10-8-14)11-13-12-19-16-7-3-2-6-15(13)16/h2-3,6-7,12,14,17H,4-5,8-11H2,1H3. The van der Waals surface area contributed by atoms with E-state index in [1.807, 2.05) is 11.3 Å². The highest BCUT2D eigenvalue weighted by atomic mass is 32.1. The number of nitrogens with zero attached hydrogens (tertiary/aromatic N) is 1. The average molecular weight is 274 g/mol. The van der Waals surface area contributed by atoms with Crippen molar-refractivity contribution in [1.82, 2.24) is 10.2 Å². The van der Waals surface area contributed by atoms with Crippen molar-refractivity contribution in [2.45, 2.75) is 31.8 Å². The molecule has 1 atom stereocenters. The molecule has 1 aliphatic rings. The third kappa shape index (κ3) is 2.99. The summed E-state index contributed by atoms with van der Waals surface area (Å²) in [5.74, 6) is 0. The predicted molar refractivity (Wildman–Crippen MR) is 83.8 cm³/mol. The van der Waals surface area contributed by atoms with Gasteiger partial charge >= 0.3 is 0 Å². The van der Waals surface area contributed by atoms with Crippen molar-refractivity contribution in [2.24, 2.45) is 0 Å². The van der Waals surface area contributed by atoms with E-state index in [-0.39, 0.29) is 0 Å². The van der Waals surface area contributed by atoms with Crippen LogP contribution in [0.15, 0.2) is 29.6 Å². The maximum Gasteiger partial charge on any atom is 0.0346 e. The number of nitrogens with one attached hydrogen (secondary N) is 1. The van der Waals surface area contributed by atoms with Gasteiger partial charge in [0.05, 0.1) is 0 Å². The second-order valence-electron chi connectivity index (χ2n) is 5.51. The Morgan fingerprint density at radius 1 is 1.26 bits per heavy atom. The number of hydrogen-bond acceptors (Lipinski definition) is 3. The Kier molecular flexibility index (Phi) is 4.16. The Hall–Kier alpha value is -0.900. The maximum atomic E-state index is 3.50. The van der Waals surface area contributed by atoms with Crippen molar-refractivity contribution >= 4 is 21.4 Å². The van der Waals surface area contributed by atoms with E-state index in [1.54, 1.807) is 0 Å². The molecule has 1 N–H and O–H groups in total. The Balaban J connectivity index is 1.73. The van der Waals surface area contributed by atoms with Crippen LogP contribution in [0.25, 0.3) is 10.1 Å². The monoisotopic (exact) mass is 274 g/mol. The van der Waals surface area contributed by atoms with Crippen LogP contribution in [0.3, 0.4) is 0 Å². The van der Waals surface area contributed by atoms with Crippen LogP contribution in [-0.4, -0.2) is 31.1 Å². The molecule has 1 aromatic heterocycles. The van der Waals surface area contributed by atoms with E-state index in [0.717, 1.165) is 12.6 Å². The van der Waals surface area contributed by atoms with E-state index in [4.69, 9.17) is 0 Å². The molecule has 0 bridgehead atoms. The molecule has 2 aromatic rings. The first-order chi connectivity index (χ1) is 9.34. The second kappa shape index (κ2) is 6.04. The van der Waals surface area contributed by atoms with Gasteiger partial charge in [-0.15, -0.1) is 11.3 Å². The fraction of sp³-hybridized carbons (Fsp3) is 0.500. The van der Waals surface area contributed by atoms with Crippen molar-refractivity contribution in [3.05, 3.63) is 35.2 Å². The summed E-state index contributed by atoms with van der Waals surface area (Å²) in [4.78, 5) is 2.54. The minimum absolute atomic E-state index is 0.730. The van der Waals surface area contributed by atoms with Gasteiger partial charge in [-0.2, -0.15) is 0 Å². The number of hydrogen-bond donors (Lipinski definition) is 1. The lowest BCUT2D eigenvalue weighted by Gasteiger charge is -2.26. The van der Waals surface area contributed by atoms with Crippen molar-refractivity contribution in [3.63, 3.8) is 0 Å². The van der Waals surface area contributed by atoms with Gasteiger partial charge in [0.2, 0.25) is 0 Å². The van der Waals surface area contributed by atoms with Gasteiger partial charge in [0.25, 0.3) is 0 Å². The summed E-state index contributed by atoms with van der Waals surface area (Å²) in [7, 11) is 2.28. The molecule has 0 aliphatic carbocycles. The van der Waals surface area contributed by atoms with E-state index in [2.05, 4.69) is 46.9 Å². The summed E-state index contributed by atoms with van der Waals surface area (Å²) in [5, 5.41) is 7.26. The van der Waals surface area contributed by atoms with Crippen LogP contribution in [0.5, 0.6) is 0 Å². The molecule has 0 saturated carbocycles. The number of rotatable bonds is 3. The highest BCUT2D eigenvalue weighted by Gasteiger charge is 2.17. The van der Waals surface area contributed by atoms with Gasteiger partial charge in [0.15, 0.2) is 0 Å². The number of thiophene rings is 1. The van der Waals surface area contributed by atoms with Crippen LogP contribution in [0.4, 0.5) is 0 Å². The highest BCUT2D eigenvalue weighted by molar-refractivity contribution is 7.17. The van der Waals surface area contributed by atoms with Gasteiger partial charge in [0.1, 0.15) is 0 Å². The summed E-state index contributed by atoms with van der Waals surface area (Å²) in [6.45, 7) is 3.43. The zero-order valence-electron chi connectivity index (χ0n) is 11.6. The molecule has 0 spiro atoms. The zero-order chi connectivity index (χ0) is 13.1. The normalized spacial score (nSPS) is 20.8. The summed E-state index contributed by atoms with van der Waals surface area (Å²) < 4.78 is 1.41. The fourth-order valence-electron chi connectivity index (χ4n) is 2.99. The molecule has 102 valence electrons. The molecule has 1 unspecified atom stereocenters. The molecule has 1 fully saturated rings. The first kappa shape index (κ1) is 13.1. The summed E-state index contributed by atoms with van der Waals surface area (Å²) in [5.41, 5.74) is 1.49. The van der Waals surface area contributed by atoms with E-state index >= 15 is 0 Å². The van der Waals surface area contributed by atoms with Crippen LogP contribution < -0.4 is 5.32 Å². The summed E-state index contributed by atoms with van der Waals surface area (Å²) >= 11 is 1.87. The van der Waals surface area contributed by atoms with Gasteiger partial charge in [-0.3, -0.25) is 4.90 Å². The fourth-order valence-corrected chi connectivity index (χ4v) is 3.95. The van der Waals surface area contributed by atoms with Crippen molar-refractivity contribution < 1.29 is 0 Å². The minimum Gasteiger partial charge on any atom is -0.317 e. The molecule has 2 nitrogen and oxygen atoms in total. The molecule has 2 heterocycles. The minimum atomic E-state index is 0.730. The highest BCUT2D eigenvalue weighted by Crippen LogP contribution is 2.27. The molecule has 1 aliphatic heterocycles. The quantitative estimate of drug-likeness (QED) is 0.922. The molecule has 0 radical (unpaired) electrons. The molecular formula is C16H22N2S. The number of fused-ring (bicyclic) bond motifs is 1. The topological polar surface area (TPSA) is 15.3 Å². The average Bonchev–Trinajstić information content (AvgIpc) is 2.66. The van der Waals surface area contributed by atoms with Crippen LogP contribution in [0.2, 0.25) is 0 Å². The van der Waals surface area contributed by atoms with E-state index in [1.165, 1.54) is 48.0 Å². The van der Waals surface area contributed by atoms with Gasteiger partial charge in [-0.05, 0) is 61.8 Å². The Labute approximate surface area is 119 Å². The van der Waals surface area contributed by atoms with Crippen molar-refractivity contribution in [1.29, 1.82) is 0 Å². The Bertz CT molecular complexity index is 526. The number of benzene rings is 1. The SMILES string of the molecule is CN(Cc1csc2ccccc12)C1CCCNCC1. The molecular weight excluding hydrogens is 252 g/mol. The van der Waals surface area contributed by atoms with Crippen LogP contribution in [-0.2, 0) is 6.54 Å². The van der Waals surface area contributed by atoms with Crippen LogP contribution >= 0.6 is 11.3 Å². The lowest BCUT2D eigenvalue weighted by atomic mass is 10.1. The first-order valence-electron chi connectivity index (χ1n) is 7.20. The van der Waals surface area contributed by atoms with Crippen molar-refractivity contribution in [3.8, 4) is 0 Å². The molecule has 19 heavy (non-hydrogen) atoms. The lowest BCUT2D eigenvalue weighted by Crippen LogP contribution is -2.31. The third-order valence-corrected chi connectivity index (χ3v) is 5.16. The van der Waals surface area contributed by atoms with Crippen LogP contribution in [0, 0.1) is 0 Å². The Morgan fingerprint density at radius 3 is 3.11 bits per heavy atom. The maximum absolute atomic E-state index is 3.50. The second-order valence-corrected chi connectivity index (χ2v) is 6.42. The van der Waals surface area contributed by atoms with Gasteiger partial charge in [-0.25, -0.2) is 0 Å². The molecule has 1 saturated heterocycles. The lowest BCUT2D eigenvalue weighted by molar-refractivity contribution is 0.217. The third-order valence-electron chi connectivity index (χ3n) is 4.15.